The Labute approximate surface area is 192 Å². The molecule has 0 bridgehead atoms. The highest BCUT2D eigenvalue weighted by Crippen LogP contribution is 2.26. The van der Waals surface area contributed by atoms with Gasteiger partial charge in [0.05, 0.1) is 17.1 Å². The van der Waals surface area contributed by atoms with Crippen LogP contribution in [0.3, 0.4) is 0 Å². The lowest BCUT2D eigenvalue weighted by Gasteiger charge is -2.34. The minimum atomic E-state index is 0.0165. The highest BCUT2D eigenvalue weighted by molar-refractivity contribution is 7.12. The number of ether oxygens (including phenoxy) is 1. The molecular formula is C25H27N3O3S. The molecule has 6 nitrogen and oxygen atoms in total. The Morgan fingerprint density at radius 2 is 1.72 bits per heavy atom. The summed E-state index contributed by atoms with van der Waals surface area (Å²) in [4.78, 5) is 29.6. The van der Waals surface area contributed by atoms with E-state index in [0.29, 0.717) is 32.8 Å². The summed E-state index contributed by atoms with van der Waals surface area (Å²) in [5.41, 5.74) is 2.98. The van der Waals surface area contributed by atoms with Crippen molar-refractivity contribution in [3.8, 4) is 5.75 Å². The standard InChI is InChI=1S/C25H27N3O3S/c1-19-9-10-21(22(16-19)31-18-20-6-3-2-4-7-20)26-17-24(29)27-11-13-28(14-12-27)25(30)23-8-5-15-32-23/h2-10,15-16,26H,11-14,17-18H2,1H3. The molecule has 7 heteroatoms. The minimum absolute atomic E-state index is 0.0165. The maximum atomic E-state index is 12.8. The fourth-order valence-corrected chi connectivity index (χ4v) is 4.32. The zero-order valence-corrected chi connectivity index (χ0v) is 18.9. The molecule has 1 fully saturated rings. The van der Waals surface area contributed by atoms with Gasteiger partial charge in [-0.25, -0.2) is 0 Å². The number of amides is 2. The molecule has 3 aromatic rings. The van der Waals surface area contributed by atoms with Gasteiger partial charge in [-0.3, -0.25) is 9.59 Å². The number of thiophene rings is 1. The smallest absolute Gasteiger partial charge is 0.264 e. The van der Waals surface area contributed by atoms with Crippen molar-refractivity contribution in [1.82, 2.24) is 9.80 Å². The first-order valence-corrected chi connectivity index (χ1v) is 11.6. The van der Waals surface area contributed by atoms with Gasteiger partial charge in [0.1, 0.15) is 12.4 Å². The van der Waals surface area contributed by atoms with E-state index in [1.165, 1.54) is 11.3 Å². The van der Waals surface area contributed by atoms with E-state index in [2.05, 4.69) is 5.32 Å². The molecule has 4 rings (SSSR count). The lowest BCUT2D eigenvalue weighted by Crippen LogP contribution is -2.51. The van der Waals surface area contributed by atoms with Gasteiger partial charge < -0.3 is 19.9 Å². The number of aryl methyl sites for hydroxylation is 1. The molecule has 0 saturated carbocycles. The van der Waals surface area contributed by atoms with Crippen LogP contribution in [0.5, 0.6) is 5.75 Å². The van der Waals surface area contributed by atoms with Crippen LogP contribution in [0.25, 0.3) is 0 Å². The molecular weight excluding hydrogens is 422 g/mol. The quantitative estimate of drug-likeness (QED) is 0.592. The SMILES string of the molecule is Cc1ccc(NCC(=O)N2CCN(C(=O)c3cccs3)CC2)c(OCc2ccccc2)c1. The number of nitrogens with one attached hydrogen (secondary N) is 1. The fraction of sp³-hybridized carbons (Fsp3) is 0.280. The zero-order valence-electron chi connectivity index (χ0n) is 18.1. The molecule has 1 aliphatic heterocycles. The van der Waals surface area contributed by atoms with E-state index < -0.39 is 0 Å². The van der Waals surface area contributed by atoms with Crippen molar-refractivity contribution >= 4 is 28.8 Å². The minimum Gasteiger partial charge on any atom is -0.487 e. The molecule has 2 heterocycles. The van der Waals surface area contributed by atoms with Crippen molar-refractivity contribution in [2.75, 3.05) is 38.0 Å². The number of carbonyl (C=O) groups excluding carboxylic acids is 2. The largest absolute Gasteiger partial charge is 0.487 e. The number of rotatable bonds is 7. The van der Waals surface area contributed by atoms with E-state index in [0.717, 1.165) is 27.4 Å². The fourth-order valence-electron chi connectivity index (χ4n) is 3.63. The van der Waals surface area contributed by atoms with Gasteiger partial charge in [0, 0.05) is 26.2 Å². The summed E-state index contributed by atoms with van der Waals surface area (Å²) in [6, 6.07) is 19.6. The predicted octanol–water partition coefficient (Wildman–Crippen LogP) is 4.03. The molecule has 1 aliphatic rings. The van der Waals surface area contributed by atoms with Gasteiger partial charge in [0.2, 0.25) is 5.91 Å². The number of nitrogens with zero attached hydrogens (tertiary/aromatic N) is 2. The summed E-state index contributed by atoms with van der Waals surface area (Å²) in [5.74, 6) is 0.793. The van der Waals surface area contributed by atoms with Crippen molar-refractivity contribution in [1.29, 1.82) is 0 Å². The van der Waals surface area contributed by atoms with Crippen molar-refractivity contribution in [2.24, 2.45) is 0 Å². The molecule has 1 saturated heterocycles. The Bertz CT molecular complexity index is 1050. The maximum absolute atomic E-state index is 12.8. The molecule has 166 valence electrons. The second-order valence-electron chi connectivity index (χ2n) is 7.78. The van der Waals surface area contributed by atoms with Crippen molar-refractivity contribution < 1.29 is 14.3 Å². The summed E-state index contributed by atoms with van der Waals surface area (Å²) in [6.07, 6.45) is 0. The first-order chi connectivity index (χ1) is 15.6. The average molecular weight is 450 g/mol. The van der Waals surface area contributed by atoms with Crippen LogP contribution in [0.15, 0.2) is 66.0 Å². The summed E-state index contributed by atoms with van der Waals surface area (Å²) >= 11 is 1.45. The van der Waals surface area contributed by atoms with Gasteiger partial charge in [-0.05, 0) is 41.6 Å². The van der Waals surface area contributed by atoms with Crippen molar-refractivity contribution in [3.63, 3.8) is 0 Å². The Morgan fingerprint density at radius 3 is 2.44 bits per heavy atom. The monoisotopic (exact) mass is 449 g/mol. The van der Waals surface area contributed by atoms with Crippen molar-refractivity contribution in [3.05, 3.63) is 82.0 Å². The van der Waals surface area contributed by atoms with E-state index in [9.17, 15) is 9.59 Å². The molecule has 32 heavy (non-hydrogen) atoms. The summed E-state index contributed by atoms with van der Waals surface area (Å²) in [7, 11) is 0. The van der Waals surface area contributed by atoms with E-state index in [1.807, 2.05) is 82.8 Å². The van der Waals surface area contributed by atoms with Crippen LogP contribution in [0, 0.1) is 6.92 Å². The number of benzene rings is 2. The molecule has 0 unspecified atom stereocenters. The third kappa shape index (κ3) is 5.48. The third-order valence-electron chi connectivity index (χ3n) is 5.46. The number of hydrogen-bond acceptors (Lipinski definition) is 5. The summed E-state index contributed by atoms with van der Waals surface area (Å²) in [5, 5.41) is 5.14. The van der Waals surface area contributed by atoms with Crippen LogP contribution < -0.4 is 10.1 Å². The summed E-state index contributed by atoms with van der Waals surface area (Å²) in [6.45, 7) is 4.86. The molecule has 0 aliphatic carbocycles. The van der Waals surface area contributed by atoms with Gasteiger partial charge in [0.25, 0.3) is 5.91 Å². The van der Waals surface area contributed by atoms with Crippen LogP contribution in [-0.4, -0.2) is 54.3 Å². The molecule has 0 radical (unpaired) electrons. The lowest BCUT2D eigenvalue weighted by molar-refractivity contribution is -0.130. The molecule has 2 aromatic carbocycles. The van der Waals surface area contributed by atoms with Crippen LogP contribution in [0.4, 0.5) is 5.69 Å². The number of hydrogen-bond donors (Lipinski definition) is 1. The van der Waals surface area contributed by atoms with Crippen molar-refractivity contribution in [2.45, 2.75) is 13.5 Å². The Balaban J connectivity index is 1.30. The second kappa shape index (κ2) is 10.3. The highest BCUT2D eigenvalue weighted by Gasteiger charge is 2.25. The molecule has 0 atom stereocenters. The number of piperazine rings is 1. The molecule has 1 aromatic heterocycles. The first kappa shape index (κ1) is 21.9. The van der Waals surface area contributed by atoms with E-state index in [-0.39, 0.29) is 18.4 Å². The van der Waals surface area contributed by atoms with Gasteiger partial charge >= 0.3 is 0 Å². The first-order valence-electron chi connectivity index (χ1n) is 10.7. The third-order valence-corrected chi connectivity index (χ3v) is 6.31. The topological polar surface area (TPSA) is 61.9 Å². The normalized spacial score (nSPS) is 13.7. The van der Waals surface area contributed by atoms with Gasteiger partial charge in [-0.2, -0.15) is 0 Å². The van der Waals surface area contributed by atoms with E-state index in [4.69, 9.17) is 4.74 Å². The number of carbonyl (C=O) groups is 2. The van der Waals surface area contributed by atoms with E-state index in [1.54, 1.807) is 0 Å². The highest BCUT2D eigenvalue weighted by atomic mass is 32.1. The maximum Gasteiger partial charge on any atom is 0.264 e. The molecule has 2 amide bonds. The van der Waals surface area contributed by atoms with Crippen LogP contribution >= 0.6 is 11.3 Å². The molecule has 1 N–H and O–H groups in total. The van der Waals surface area contributed by atoms with E-state index >= 15 is 0 Å². The lowest BCUT2D eigenvalue weighted by atomic mass is 10.2. The van der Waals surface area contributed by atoms with Gasteiger partial charge in [0.15, 0.2) is 0 Å². The van der Waals surface area contributed by atoms with Crippen LogP contribution in [0.1, 0.15) is 20.8 Å². The second-order valence-corrected chi connectivity index (χ2v) is 8.73. The predicted molar refractivity (Wildman–Crippen MR) is 127 cm³/mol. The zero-order chi connectivity index (χ0) is 22.3. The van der Waals surface area contributed by atoms with Crippen LogP contribution in [-0.2, 0) is 11.4 Å². The van der Waals surface area contributed by atoms with Gasteiger partial charge in [-0.15, -0.1) is 11.3 Å². The Hall–Kier alpha value is -3.32. The average Bonchev–Trinajstić information content (AvgIpc) is 3.37. The number of anilines is 1. The summed E-state index contributed by atoms with van der Waals surface area (Å²) < 4.78 is 6.03. The Morgan fingerprint density at radius 1 is 0.969 bits per heavy atom. The van der Waals surface area contributed by atoms with Crippen LogP contribution in [0.2, 0.25) is 0 Å². The Kier molecular flexibility index (Phi) is 7.07. The molecule has 0 spiro atoms. The van der Waals surface area contributed by atoms with Gasteiger partial charge in [-0.1, -0.05) is 42.5 Å².